The lowest BCUT2D eigenvalue weighted by Gasteiger charge is -2.20. The largest absolute Gasteiger partial charge is 0.472 e. The number of unbranched alkanes of at least 4 members (excludes halogenated alkanes) is 11. The number of rotatable bonds is 36. The first-order chi connectivity index (χ1) is 26.0. The van der Waals surface area contributed by atoms with Crippen LogP contribution in [0, 0.1) is 0 Å². The fourth-order valence-corrected chi connectivity index (χ4v) is 5.83. The highest BCUT2D eigenvalue weighted by atomic mass is 31.2. The Bertz CT molecular complexity index is 1120. The highest BCUT2D eigenvalue weighted by Crippen LogP contribution is 2.43. The van der Waals surface area contributed by atoms with Gasteiger partial charge in [0.2, 0.25) is 0 Å². The van der Waals surface area contributed by atoms with Crippen molar-refractivity contribution in [3.05, 3.63) is 60.8 Å². The van der Waals surface area contributed by atoms with Gasteiger partial charge in [0.1, 0.15) is 6.61 Å². The van der Waals surface area contributed by atoms with Crippen molar-refractivity contribution in [1.82, 2.24) is 0 Å². The van der Waals surface area contributed by atoms with Crippen LogP contribution in [0.15, 0.2) is 60.8 Å². The number of carbonyl (C=O) groups excluding carboxylic acids is 2. The molecule has 0 aliphatic carbocycles. The number of ether oxygens (including phenoxy) is 2. The molecule has 0 fully saturated rings. The molecule has 0 saturated carbocycles. The van der Waals surface area contributed by atoms with Gasteiger partial charge in [-0.05, 0) is 51.4 Å². The number of phosphoric ester groups is 1. The lowest BCUT2D eigenvalue weighted by atomic mass is 10.1. The highest BCUT2D eigenvalue weighted by Gasteiger charge is 2.26. The lowest BCUT2D eigenvalue weighted by Crippen LogP contribution is -2.30. The van der Waals surface area contributed by atoms with Gasteiger partial charge in [0.25, 0.3) is 0 Å². The van der Waals surface area contributed by atoms with E-state index in [0.29, 0.717) is 6.42 Å². The summed E-state index contributed by atoms with van der Waals surface area (Å²) in [4.78, 5) is 34.8. The molecule has 0 bridgehead atoms. The maximum absolute atomic E-state index is 12.6. The predicted molar refractivity (Wildman–Crippen MR) is 214 cm³/mol. The number of nitrogens with two attached hydrogens (primary N) is 1. The number of carbonyl (C=O) groups is 2. The second kappa shape index (κ2) is 36.2. The highest BCUT2D eigenvalue weighted by molar-refractivity contribution is 7.47. The zero-order valence-electron chi connectivity index (χ0n) is 33.0. The van der Waals surface area contributed by atoms with Gasteiger partial charge in [-0.15, -0.1) is 0 Å². The summed E-state index contributed by atoms with van der Waals surface area (Å²) in [6, 6.07) is 0. The second-order valence-electron chi connectivity index (χ2n) is 13.4. The summed E-state index contributed by atoms with van der Waals surface area (Å²) >= 11 is 0. The Kier molecular flexibility index (Phi) is 34.6. The van der Waals surface area contributed by atoms with Crippen molar-refractivity contribution in [2.24, 2.45) is 5.73 Å². The summed E-state index contributed by atoms with van der Waals surface area (Å²) in [5.74, 6) is -1.18. The van der Waals surface area contributed by atoms with E-state index in [-0.39, 0.29) is 45.4 Å². The zero-order valence-corrected chi connectivity index (χ0v) is 33.9. The van der Waals surface area contributed by atoms with Gasteiger partial charge in [-0.2, -0.15) is 0 Å². The molecular weight excluding hydrogens is 713 g/mol. The minimum atomic E-state index is -4.47. The molecule has 0 aromatic rings. The molecule has 0 rings (SSSR count). The molecule has 13 heteroatoms. The van der Waals surface area contributed by atoms with E-state index < -0.39 is 50.8 Å². The number of esters is 2. The van der Waals surface area contributed by atoms with E-state index >= 15 is 0 Å². The van der Waals surface area contributed by atoms with Crippen molar-refractivity contribution in [2.75, 3.05) is 26.4 Å². The van der Waals surface area contributed by atoms with E-state index in [1.54, 1.807) is 42.5 Å². The fraction of sp³-hybridized carbons (Fsp3) is 0.707. The van der Waals surface area contributed by atoms with E-state index in [9.17, 15) is 34.4 Å². The molecule has 0 heterocycles. The van der Waals surface area contributed by atoms with Crippen LogP contribution in [-0.4, -0.2) is 82.9 Å². The molecule has 0 amide bonds. The van der Waals surface area contributed by atoms with E-state index in [0.717, 1.165) is 64.2 Å². The average molecular weight is 786 g/mol. The third-order valence-corrected chi connectivity index (χ3v) is 9.23. The maximum atomic E-state index is 12.6. The topological polar surface area (TPSA) is 195 Å². The molecule has 5 atom stereocenters. The van der Waals surface area contributed by atoms with Crippen molar-refractivity contribution in [1.29, 1.82) is 0 Å². The van der Waals surface area contributed by atoms with Crippen molar-refractivity contribution >= 4 is 19.8 Å². The number of allylic oxidation sites excluding steroid dienone is 8. The first kappa shape index (κ1) is 51.6. The Labute approximate surface area is 325 Å². The van der Waals surface area contributed by atoms with Gasteiger partial charge < -0.3 is 35.4 Å². The minimum absolute atomic E-state index is 0.00577. The number of hydrogen-bond donors (Lipinski definition) is 5. The van der Waals surface area contributed by atoms with Gasteiger partial charge >= 0.3 is 19.8 Å². The van der Waals surface area contributed by atoms with Crippen molar-refractivity contribution in [2.45, 2.75) is 160 Å². The van der Waals surface area contributed by atoms with Gasteiger partial charge in [0.05, 0.1) is 31.5 Å². The van der Waals surface area contributed by atoms with Crippen LogP contribution >= 0.6 is 7.82 Å². The molecule has 312 valence electrons. The summed E-state index contributed by atoms with van der Waals surface area (Å²) in [7, 11) is -4.47. The molecule has 1 unspecified atom stereocenters. The standard InChI is InChI=1S/C41H72NO11P/c1-3-5-7-8-9-10-11-12-13-14-15-20-24-30-40(46)50-34-37(35-52-54(48,49)51-33-32-42)53-41(47)31-25-29-39(45)38(44)28-23-19-17-16-18-22-27-36(43)26-21-6-4-2/h10-11,16-19,22-23,27-28,36-39,43-45H,3-9,12-15,20-21,24-26,29-35,42H2,1-2H3,(H,48,49)/b11-10-,18-16-,19-17+,27-22+,28-23+/t36-,37+,38-,39-/m0/s1. The number of hydrogen-bond acceptors (Lipinski definition) is 11. The van der Waals surface area contributed by atoms with Crippen molar-refractivity contribution < 1.29 is 52.9 Å². The van der Waals surface area contributed by atoms with Crippen molar-refractivity contribution in [3.63, 3.8) is 0 Å². The minimum Gasteiger partial charge on any atom is -0.462 e. The average Bonchev–Trinajstić information content (AvgIpc) is 3.14. The van der Waals surface area contributed by atoms with Crippen LogP contribution in [0.2, 0.25) is 0 Å². The van der Waals surface area contributed by atoms with Crippen LogP contribution in [0.4, 0.5) is 0 Å². The maximum Gasteiger partial charge on any atom is 0.472 e. The van der Waals surface area contributed by atoms with Crippen LogP contribution < -0.4 is 5.73 Å². The van der Waals surface area contributed by atoms with Crippen LogP contribution in [0.25, 0.3) is 0 Å². The molecule has 54 heavy (non-hydrogen) atoms. The lowest BCUT2D eigenvalue weighted by molar-refractivity contribution is -0.161. The predicted octanol–water partition coefficient (Wildman–Crippen LogP) is 7.85. The van der Waals surface area contributed by atoms with Crippen LogP contribution in [0.3, 0.4) is 0 Å². The Morgan fingerprint density at radius 3 is 1.91 bits per heavy atom. The summed E-state index contributed by atoms with van der Waals surface area (Å²) in [6.45, 7) is 3.17. The fourth-order valence-electron chi connectivity index (χ4n) is 5.07. The van der Waals surface area contributed by atoms with Crippen LogP contribution in [0.5, 0.6) is 0 Å². The molecular formula is C41H72NO11P. The van der Waals surface area contributed by atoms with Gasteiger partial charge in [-0.25, -0.2) is 4.57 Å². The molecule has 12 nitrogen and oxygen atoms in total. The third-order valence-electron chi connectivity index (χ3n) is 8.24. The Balaban J connectivity index is 4.59. The molecule has 0 aromatic carbocycles. The SMILES string of the molecule is CCCCCC/C=C\CCCCCCCC(=O)OC[C@H](COP(=O)(O)OCCN)OC(=O)CCC[C@H](O)[C@@H](O)/C=C/C=C/C=C\C=C\[C@@H](O)CCCCC. The molecule has 0 radical (unpaired) electrons. The molecule has 6 N–H and O–H groups in total. The van der Waals surface area contributed by atoms with Gasteiger partial charge in [-0.1, -0.05) is 132 Å². The summed E-state index contributed by atoms with van der Waals surface area (Å²) in [5, 5.41) is 30.4. The number of phosphoric acid groups is 1. The Morgan fingerprint density at radius 1 is 0.667 bits per heavy atom. The second-order valence-corrected chi connectivity index (χ2v) is 14.8. The van der Waals surface area contributed by atoms with Crippen LogP contribution in [-0.2, 0) is 32.7 Å². The quantitative estimate of drug-likeness (QED) is 0.0136. The number of aliphatic hydroxyl groups excluding tert-OH is 3. The molecule has 0 aliphatic rings. The summed E-state index contributed by atoms with van der Waals surface area (Å²) in [6.07, 6.45) is 30.5. The first-order valence-electron chi connectivity index (χ1n) is 20.1. The van der Waals surface area contributed by atoms with Gasteiger partial charge in [0.15, 0.2) is 6.10 Å². The molecule has 0 spiro atoms. The van der Waals surface area contributed by atoms with E-state index in [1.807, 2.05) is 0 Å². The van der Waals surface area contributed by atoms with Gasteiger partial charge in [-0.3, -0.25) is 18.6 Å². The van der Waals surface area contributed by atoms with Crippen LogP contribution in [0.1, 0.15) is 136 Å². The van der Waals surface area contributed by atoms with Crippen molar-refractivity contribution in [3.8, 4) is 0 Å². The van der Waals surface area contributed by atoms with E-state index in [2.05, 4.69) is 26.0 Å². The molecule has 0 aromatic heterocycles. The monoisotopic (exact) mass is 785 g/mol. The molecule has 0 saturated heterocycles. The first-order valence-corrected chi connectivity index (χ1v) is 21.6. The molecule has 0 aliphatic heterocycles. The van der Waals surface area contributed by atoms with E-state index in [4.69, 9.17) is 24.3 Å². The summed E-state index contributed by atoms with van der Waals surface area (Å²) in [5.41, 5.74) is 5.31. The number of aliphatic hydroxyl groups is 3. The smallest absolute Gasteiger partial charge is 0.462 e. The Hall–Kier alpha value is -2.41. The summed E-state index contributed by atoms with van der Waals surface area (Å²) < 4.78 is 32.4. The zero-order chi connectivity index (χ0) is 40.1. The third kappa shape index (κ3) is 34.1. The Morgan fingerprint density at radius 2 is 1.24 bits per heavy atom. The van der Waals surface area contributed by atoms with E-state index in [1.165, 1.54) is 31.8 Å². The van der Waals surface area contributed by atoms with Gasteiger partial charge in [0, 0.05) is 19.4 Å². The normalized spacial score (nSPS) is 15.8.